The summed E-state index contributed by atoms with van der Waals surface area (Å²) in [6.45, 7) is 9.12. The average molecular weight is 395 g/mol. The topological polar surface area (TPSA) is 26.3 Å². The van der Waals surface area contributed by atoms with Gasteiger partial charge in [-0.1, -0.05) is 111 Å². The summed E-state index contributed by atoms with van der Waals surface area (Å²) in [4.78, 5) is 12.3. The number of carbonyl (C=O) groups excluding carboxylic acids is 1. The summed E-state index contributed by atoms with van der Waals surface area (Å²) in [7, 11) is 0. The van der Waals surface area contributed by atoms with E-state index in [2.05, 4.69) is 27.7 Å². The number of rotatable bonds is 16. The summed E-state index contributed by atoms with van der Waals surface area (Å²) in [6.07, 6.45) is 21.8. The first-order valence-electron chi connectivity index (χ1n) is 12.7. The number of ether oxygens (including phenoxy) is 1. The van der Waals surface area contributed by atoms with Crippen LogP contribution in [0.4, 0.5) is 0 Å². The Balaban J connectivity index is 1.96. The van der Waals surface area contributed by atoms with Crippen LogP contribution in [-0.4, -0.2) is 12.1 Å². The summed E-state index contributed by atoms with van der Waals surface area (Å²) < 4.78 is 5.90. The van der Waals surface area contributed by atoms with Crippen molar-refractivity contribution in [2.45, 2.75) is 143 Å². The Kier molecular flexibility index (Phi) is 14.8. The lowest BCUT2D eigenvalue weighted by molar-refractivity contribution is -0.156. The molecule has 0 amide bonds. The van der Waals surface area contributed by atoms with Gasteiger partial charge in [-0.2, -0.15) is 0 Å². The van der Waals surface area contributed by atoms with E-state index >= 15 is 0 Å². The van der Waals surface area contributed by atoms with E-state index in [1.807, 2.05) is 0 Å². The number of esters is 1. The molecule has 0 spiro atoms. The lowest BCUT2D eigenvalue weighted by Gasteiger charge is -2.36. The maximum absolute atomic E-state index is 12.3. The van der Waals surface area contributed by atoms with Crippen molar-refractivity contribution in [3.63, 3.8) is 0 Å². The molecule has 0 radical (unpaired) electrons. The molecule has 2 nitrogen and oxygen atoms in total. The van der Waals surface area contributed by atoms with Crippen LogP contribution in [0.2, 0.25) is 0 Å². The minimum atomic E-state index is 0.0489. The Hall–Kier alpha value is -0.530. The van der Waals surface area contributed by atoms with E-state index in [0.29, 0.717) is 24.2 Å². The van der Waals surface area contributed by atoms with E-state index in [-0.39, 0.29) is 12.1 Å². The minimum absolute atomic E-state index is 0.0489. The highest BCUT2D eigenvalue weighted by atomic mass is 16.5. The van der Waals surface area contributed by atoms with Gasteiger partial charge in [0.15, 0.2) is 0 Å². The fraction of sp³-hybridized carbons (Fsp3) is 0.962. The molecule has 28 heavy (non-hydrogen) atoms. The molecule has 1 saturated carbocycles. The van der Waals surface area contributed by atoms with Crippen LogP contribution in [0, 0.1) is 17.8 Å². The zero-order valence-electron chi connectivity index (χ0n) is 19.6. The zero-order chi connectivity index (χ0) is 20.6. The van der Waals surface area contributed by atoms with Crippen LogP contribution in [0.5, 0.6) is 0 Å². The van der Waals surface area contributed by atoms with Crippen molar-refractivity contribution in [3.8, 4) is 0 Å². The molecular weight excluding hydrogens is 344 g/mol. The van der Waals surface area contributed by atoms with Gasteiger partial charge in [0, 0.05) is 6.42 Å². The molecule has 0 aliphatic heterocycles. The Morgan fingerprint density at radius 2 is 1.32 bits per heavy atom. The van der Waals surface area contributed by atoms with Crippen LogP contribution in [0.15, 0.2) is 0 Å². The number of hydrogen-bond donors (Lipinski definition) is 0. The smallest absolute Gasteiger partial charge is 0.306 e. The molecule has 0 aromatic carbocycles. The lowest BCUT2D eigenvalue weighted by Crippen LogP contribution is -2.35. The molecule has 2 heteroatoms. The van der Waals surface area contributed by atoms with Crippen molar-refractivity contribution in [1.29, 1.82) is 0 Å². The first-order chi connectivity index (χ1) is 13.5. The molecule has 0 aromatic rings. The van der Waals surface area contributed by atoms with Gasteiger partial charge in [-0.25, -0.2) is 0 Å². The van der Waals surface area contributed by atoms with Crippen LogP contribution < -0.4 is 0 Å². The van der Waals surface area contributed by atoms with Crippen LogP contribution >= 0.6 is 0 Å². The quantitative estimate of drug-likeness (QED) is 0.194. The highest BCUT2D eigenvalue weighted by molar-refractivity contribution is 5.69. The Bertz CT molecular complexity index is 377. The SMILES string of the molecule is CCCCCCCCCCCCCCCC(=O)OC1CC(C)CCC1C(C)C. The molecule has 1 rings (SSSR count). The molecule has 0 N–H and O–H groups in total. The minimum Gasteiger partial charge on any atom is -0.462 e. The van der Waals surface area contributed by atoms with Gasteiger partial charge in [-0.05, 0) is 37.0 Å². The monoisotopic (exact) mass is 394 g/mol. The van der Waals surface area contributed by atoms with Gasteiger partial charge in [0.25, 0.3) is 0 Å². The Morgan fingerprint density at radius 3 is 1.82 bits per heavy atom. The number of carbonyl (C=O) groups is 1. The molecule has 3 atom stereocenters. The predicted octanol–water partition coefficient (Wildman–Crippen LogP) is 8.47. The van der Waals surface area contributed by atoms with Gasteiger partial charge < -0.3 is 4.74 Å². The molecule has 0 heterocycles. The van der Waals surface area contributed by atoms with Crippen molar-refractivity contribution in [2.24, 2.45) is 17.8 Å². The van der Waals surface area contributed by atoms with E-state index in [1.165, 1.54) is 89.9 Å². The summed E-state index contributed by atoms with van der Waals surface area (Å²) >= 11 is 0. The average Bonchev–Trinajstić information content (AvgIpc) is 2.65. The fourth-order valence-electron chi connectivity index (χ4n) is 4.77. The highest BCUT2D eigenvalue weighted by Crippen LogP contribution is 2.35. The van der Waals surface area contributed by atoms with E-state index in [4.69, 9.17) is 4.74 Å². The predicted molar refractivity (Wildman–Crippen MR) is 122 cm³/mol. The molecule has 0 saturated heterocycles. The van der Waals surface area contributed by atoms with Gasteiger partial charge >= 0.3 is 5.97 Å². The second-order valence-corrected chi connectivity index (χ2v) is 9.85. The van der Waals surface area contributed by atoms with E-state index in [1.54, 1.807) is 0 Å². The third kappa shape index (κ3) is 12.1. The maximum Gasteiger partial charge on any atom is 0.306 e. The second kappa shape index (κ2) is 16.3. The second-order valence-electron chi connectivity index (χ2n) is 9.85. The van der Waals surface area contributed by atoms with Crippen LogP contribution in [0.3, 0.4) is 0 Å². The van der Waals surface area contributed by atoms with Gasteiger partial charge in [0.05, 0.1) is 0 Å². The van der Waals surface area contributed by atoms with Crippen molar-refractivity contribution in [2.75, 3.05) is 0 Å². The van der Waals surface area contributed by atoms with E-state index < -0.39 is 0 Å². The molecule has 0 bridgehead atoms. The molecule has 3 unspecified atom stereocenters. The van der Waals surface area contributed by atoms with E-state index in [9.17, 15) is 4.79 Å². The fourth-order valence-corrected chi connectivity index (χ4v) is 4.77. The summed E-state index contributed by atoms with van der Waals surface area (Å²) in [5.74, 6) is 1.92. The van der Waals surface area contributed by atoms with Crippen molar-refractivity contribution in [1.82, 2.24) is 0 Å². The molecule has 1 aliphatic carbocycles. The Labute approximate surface area is 176 Å². The summed E-state index contributed by atoms with van der Waals surface area (Å²) in [6, 6.07) is 0. The number of hydrogen-bond acceptors (Lipinski definition) is 2. The Morgan fingerprint density at radius 1 is 0.821 bits per heavy atom. The highest BCUT2D eigenvalue weighted by Gasteiger charge is 2.33. The zero-order valence-corrected chi connectivity index (χ0v) is 19.6. The molecule has 1 aliphatic rings. The standard InChI is InChI=1S/C26H50O2/c1-5-6-7-8-9-10-11-12-13-14-15-16-17-18-26(27)28-25-21-23(4)19-20-24(25)22(2)3/h22-25H,5-21H2,1-4H3. The van der Waals surface area contributed by atoms with Gasteiger partial charge in [0.1, 0.15) is 6.10 Å². The van der Waals surface area contributed by atoms with Crippen molar-refractivity contribution in [3.05, 3.63) is 0 Å². The van der Waals surface area contributed by atoms with Crippen LogP contribution in [0.25, 0.3) is 0 Å². The first kappa shape index (κ1) is 25.5. The lowest BCUT2D eigenvalue weighted by atomic mass is 9.75. The first-order valence-corrected chi connectivity index (χ1v) is 12.7. The third-order valence-electron chi connectivity index (χ3n) is 6.73. The largest absolute Gasteiger partial charge is 0.462 e. The van der Waals surface area contributed by atoms with Crippen molar-refractivity contribution >= 4 is 5.97 Å². The molecule has 166 valence electrons. The summed E-state index contributed by atoms with van der Waals surface area (Å²) in [5, 5.41) is 0. The maximum atomic E-state index is 12.3. The molecule has 0 aromatic heterocycles. The third-order valence-corrected chi connectivity index (χ3v) is 6.73. The normalized spacial score (nSPS) is 22.5. The van der Waals surface area contributed by atoms with Gasteiger partial charge in [-0.3, -0.25) is 4.79 Å². The van der Waals surface area contributed by atoms with Crippen LogP contribution in [0.1, 0.15) is 137 Å². The van der Waals surface area contributed by atoms with E-state index in [0.717, 1.165) is 12.8 Å². The van der Waals surface area contributed by atoms with Crippen LogP contribution in [-0.2, 0) is 9.53 Å². The van der Waals surface area contributed by atoms with Crippen molar-refractivity contribution < 1.29 is 9.53 Å². The molecule has 1 fully saturated rings. The van der Waals surface area contributed by atoms with Gasteiger partial charge in [-0.15, -0.1) is 0 Å². The molecular formula is C26H50O2. The summed E-state index contributed by atoms with van der Waals surface area (Å²) in [5.41, 5.74) is 0. The van der Waals surface area contributed by atoms with Gasteiger partial charge in [0.2, 0.25) is 0 Å². The number of unbranched alkanes of at least 4 members (excludes halogenated alkanes) is 12.